The number of aromatic amines is 1. The molecule has 2 aromatic heterocycles. The number of carbonyl (C=O) groups is 1. The highest BCUT2D eigenvalue weighted by atomic mass is 16.5. The fraction of sp³-hybridized carbons (Fsp3) is 0.286. The molecule has 0 saturated carbocycles. The van der Waals surface area contributed by atoms with Crippen molar-refractivity contribution in [2.75, 3.05) is 24.6 Å². The van der Waals surface area contributed by atoms with Crippen LogP contribution in [0.5, 0.6) is 0 Å². The van der Waals surface area contributed by atoms with E-state index in [0.29, 0.717) is 12.2 Å². The summed E-state index contributed by atoms with van der Waals surface area (Å²) in [6, 6.07) is 15.5. The molecule has 7 heteroatoms. The Hall–Kier alpha value is -3.19. The standard InChI is InChI=1S/C21H23N5O2/c1-15-14-26(9-10-28-15)20-8-7-16(12-22-20)13-23-21(27)19-11-18(24-25-19)17-5-3-2-4-6-17/h2-8,11-12,15H,9-10,13-14H2,1H3,(H,23,27)(H,24,25)/t15-/m0/s1. The van der Waals surface area contributed by atoms with Gasteiger partial charge in [0.25, 0.3) is 5.91 Å². The van der Waals surface area contributed by atoms with E-state index in [1.807, 2.05) is 42.5 Å². The number of anilines is 1. The SMILES string of the molecule is C[C@H]1CN(c2ccc(CNC(=O)c3cc(-c4ccccc4)n[nH]3)cn2)CCO1. The molecule has 0 spiro atoms. The van der Waals surface area contributed by atoms with Gasteiger partial charge in [0.05, 0.1) is 18.4 Å². The number of pyridine rings is 1. The molecule has 7 nitrogen and oxygen atoms in total. The van der Waals surface area contributed by atoms with Crippen molar-refractivity contribution in [1.82, 2.24) is 20.5 Å². The third-order valence-corrected chi connectivity index (χ3v) is 4.72. The van der Waals surface area contributed by atoms with E-state index < -0.39 is 0 Å². The normalized spacial score (nSPS) is 16.8. The molecule has 0 radical (unpaired) electrons. The zero-order valence-corrected chi connectivity index (χ0v) is 15.8. The number of carbonyl (C=O) groups excluding carboxylic acids is 1. The summed E-state index contributed by atoms with van der Waals surface area (Å²) in [6.07, 6.45) is 2.02. The number of benzene rings is 1. The van der Waals surface area contributed by atoms with E-state index in [-0.39, 0.29) is 12.0 Å². The molecular weight excluding hydrogens is 354 g/mol. The third kappa shape index (κ3) is 4.20. The highest BCUT2D eigenvalue weighted by Crippen LogP contribution is 2.17. The van der Waals surface area contributed by atoms with E-state index in [1.165, 1.54) is 0 Å². The molecule has 1 aromatic carbocycles. The second-order valence-electron chi connectivity index (χ2n) is 6.87. The van der Waals surface area contributed by atoms with Crippen LogP contribution in [0.25, 0.3) is 11.3 Å². The number of hydrogen-bond acceptors (Lipinski definition) is 5. The number of nitrogens with zero attached hydrogens (tertiary/aromatic N) is 3. The van der Waals surface area contributed by atoms with E-state index in [4.69, 9.17) is 4.74 Å². The highest BCUT2D eigenvalue weighted by Gasteiger charge is 2.17. The Bertz CT molecular complexity index is 923. The van der Waals surface area contributed by atoms with Crippen LogP contribution in [-0.4, -0.2) is 46.9 Å². The molecule has 144 valence electrons. The maximum Gasteiger partial charge on any atom is 0.269 e. The van der Waals surface area contributed by atoms with E-state index in [0.717, 1.165) is 42.3 Å². The van der Waals surface area contributed by atoms with Crippen LogP contribution in [0.1, 0.15) is 23.0 Å². The van der Waals surface area contributed by atoms with Crippen LogP contribution in [-0.2, 0) is 11.3 Å². The van der Waals surface area contributed by atoms with E-state index >= 15 is 0 Å². The van der Waals surface area contributed by atoms with Gasteiger partial charge < -0.3 is 15.0 Å². The van der Waals surface area contributed by atoms with Crippen LogP contribution in [0.15, 0.2) is 54.7 Å². The van der Waals surface area contributed by atoms with E-state index in [9.17, 15) is 4.79 Å². The number of H-pyrrole nitrogens is 1. The van der Waals surface area contributed by atoms with Crippen LogP contribution in [0.2, 0.25) is 0 Å². The Kier molecular flexibility index (Phi) is 5.34. The fourth-order valence-corrected chi connectivity index (χ4v) is 3.21. The summed E-state index contributed by atoms with van der Waals surface area (Å²) in [6.45, 7) is 4.87. The van der Waals surface area contributed by atoms with Crippen LogP contribution in [0.4, 0.5) is 5.82 Å². The second kappa shape index (κ2) is 8.22. The lowest BCUT2D eigenvalue weighted by molar-refractivity contribution is 0.0529. The summed E-state index contributed by atoms with van der Waals surface area (Å²) >= 11 is 0. The molecule has 1 saturated heterocycles. The number of hydrogen-bond donors (Lipinski definition) is 2. The predicted molar refractivity (Wildman–Crippen MR) is 107 cm³/mol. The molecule has 1 aliphatic rings. The van der Waals surface area contributed by atoms with Gasteiger partial charge in [-0.1, -0.05) is 36.4 Å². The zero-order chi connectivity index (χ0) is 19.3. The largest absolute Gasteiger partial charge is 0.375 e. The van der Waals surface area contributed by atoms with Crippen molar-refractivity contribution in [3.8, 4) is 11.3 Å². The number of rotatable bonds is 5. The quantitative estimate of drug-likeness (QED) is 0.714. The predicted octanol–water partition coefficient (Wildman–Crippen LogP) is 2.63. The maximum absolute atomic E-state index is 12.4. The van der Waals surface area contributed by atoms with Gasteiger partial charge in [0.1, 0.15) is 11.5 Å². The first-order chi connectivity index (χ1) is 13.7. The maximum atomic E-state index is 12.4. The average molecular weight is 377 g/mol. The first-order valence-corrected chi connectivity index (χ1v) is 9.39. The van der Waals surface area contributed by atoms with Gasteiger partial charge in [0.2, 0.25) is 0 Å². The number of ether oxygens (including phenoxy) is 1. The van der Waals surface area contributed by atoms with Gasteiger partial charge in [-0.2, -0.15) is 5.10 Å². The van der Waals surface area contributed by atoms with Crippen molar-refractivity contribution in [3.05, 3.63) is 66.0 Å². The summed E-state index contributed by atoms with van der Waals surface area (Å²) in [5.74, 6) is 0.743. The van der Waals surface area contributed by atoms with Crippen molar-refractivity contribution in [2.24, 2.45) is 0 Å². The van der Waals surface area contributed by atoms with Crippen molar-refractivity contribution in [1.29, 1.82) is 0 Å². The minimum absolute atomic E-state index is 0.194. The molecule has 1 aliphatic heterocycles. The Morgan fingerprint density at radius 1 is 1.29 bits per heavy atom. The van der Waals surface area contributed by atoms with Crippen LogP contribution in [0, 0.1) is 0 Å². The number of nitrogens with one attached hydrogen (secondary N) is 2. The fourth-order valence-electron chi connectivity index (χ4n) is 3.21. The molecule has 1 atom stereocenters. The van der Waals surface area contributed by atoms with Crippen LogP contribution in [0.3, 0.4) is 0 Å². The van der Waals surface area contributed by atoms with Crippen molar-refractivity contribution in [3.63, 3.8) is 0 Å². The molecule has 2 N–H and O–H groups in total. The Morgan fingerprint density at radius 2 is 2.14 bits per heavy atom. The van der Waals surface area contributed by atoms with Crippen LogP contribution < -0.4 is 10.2 Å². The summed E-state index contributed by atoms with van der Waals surface area (Å²) in [5.41, 5.74) is 3.10. The molecule has 1 amide bonds. The first-order valence-electron chi connectivity index (χ1n) is 9.39. The highest BCUT2D eigenvalue weighted by molar-refractivity contribution is 5.93. The molecule has 0 aliphatic carbocycles. The van der Waals surface area contributed by atoms with Gasteiger partial charge in [-0.3, -0.25) is 9.89 Å². The summed E-state index contributed by atoms with van der Waals surface area (Å²) in [5, 5.41) is 9.92. The van der Waals surface area contributed by atoms with Crippen molar-refractivity contribution >= 4 is 11.7 Å². The lowest BCUT2D eigenvalue weighted by Gasteiger charge is -2.32. The van der Waals surface area contributed by atoms with Gasteiger partial charge in [-0.25, -0.2) is 4.98 Å². The van der Waals surface area contributed by atoms with Crippen molar-refractivity contribution in [2.45, 2.75) is 19.6 Å². The summed E-state index contributed by atoms with van der Waals surface area (Å²) in [7, 11) is 0. The number of amides is 1. The first kappa shape index (κ1) is 18.2. The smallest absolute Gasteiger partial charge is 0.269 e. The van der Waals surface area contributed by atoms with E-state index in [2.05, 4.69) is 32.3 Å². The molecule has 0 unspecified atom stereocenters. The van der Waals surface area contributed by atoms with Gasteiger partial charge >= 0.3 is 0 Å². The van der Waals surface area contributed by atoms with Gasteiger partial charge in [-0.05, 0) is 24.6 Å². The minimum atomic E-state index is -0.194. The molecule has 3 heterocycles. The number of aromatic nitrogens is 3. The minimum Gasteiger partial charge on any atom is -0.375 e. The molecular formula is C21H23N5O2. The monoisotopic (exact) mass is 377 g/mol. The van der Waals surface area contributed by atoms with Gasteiger partial charge in [0.15, 0.2) is 0 Å². The average Bonchev–Trinajstić information content (AvgIpc) is 3.23. The lowest BCUT2D eigenvalue weighted by Crippen LogP contribution is -2.41. The van der Waals surface area contributed by atoms with Gasteiger partial charge in [0, 0.05) is 31.4 Å². The molecule has 4 rings (SSSR count). The Morgan fingerprint density at radius 3 is 2.89 bits per heavy atom. The van der Waals surface area contributed by atoms with Gasteiger partial charge in [-0.15, -0.1) is 0 Å². The molecule has 28 heavy (non-hydrogen) atoms. The lowest BCUT2D eigenvalue weighted by atomic mass is 10.1. The zero-order valence-electron chi connectivity index (χ0n) is 15.8. The Labute approximate surface area is 163 Å². The molecule has 0 bridgehead atoms. The second-order valence-corrected chi connectivity index (χ2v) is 6.87. The van der Waals surface area contributed by atoms with Crippen molar-refractivity contribution < 1.29 is 9.53 Å². The Balaban J connectivity index is 1.34. The molecule has 1 fully saturated rings. The number of morpholine rings is 1. The van der Waals surface area contributed by atoms with Crippen LogP contribution >= 0.6 is 0 Å². The summed E-state index contributed by atoms with van der Waals surface area (Å²) < 4.78 is 5.57. The summed E-state index contributed by atoms with van der Waals surface area (Å²) in [4.78, 5) is 19.1. The topological polar surface area (TPSA) is 83.1 Å². The van der Waals surface area contributed by atoms with E-state index in [1.54, 1.807) is 12.3 Å². The third-order valence-electron chi connectivity index (χ3n) is 4.72. The molecule has 3 aromatic rings.